The highest BCUT2D eigenvalue weighted by Crippen LogP contribution is 2.24. The maximum absolute atomic E-state index is 13.6. The molecule has 0 atom stereocenters. The average Bonchev–Trinajstić information content (AvgIpc) is 3.03. The van der Waals surface area contributed by atoms with E-state index in [2.05, 4.69) is 5.32 Å². The molecule has 0 saturated heterocycles. The third-order valence-electron chi connectivity index (χ3n) is 3.99. The first kappa shape index (κ1) is 18.3. The molecule has 138 valence electrons. The van der Waals surface area contributed by atoms with Gasteiger partial charge in [-0.1, -0.05) is 6.07 Å². The molecule has 0 fully saturated rings. The number of ether oxygens (including phenoxy) is 2. The van der Waals surface area contributed by atoms with Crippen LogP contribution in [-0.4, -0.2) is 31.4 Å². The van der Waals surface area contributed by atoms with Crippen molar-refractivity contribution in [2.45, 2.75) is 6.42 Å². The second-order valence-electron chi connectivity index (χ2n) is 5.86. The molecule has 1 N–H and O–H groups in total. The van der Waals surface area contributed by atoms with Gasteiger partial charge in [-0.05, 0) is 47.5 Å². The molecule has 7 heteroatoms. The quantitative estimate of drug-likeness (QED) is 0.481. The number of carbonyl (C=O) groups is 3. The first-order chi connectivity index (χ1) is 13.0. The minimum atomic E-state index is -0.724. The van der Waals surface area contributed by atoms with Crippen molar-refractivity contribution in [2.24, 2.45) is 0 Å². The van der Waals surface area contributed by atoms with Crippen molar-refractivity contribution in [3.8, 4) is 5.75 Å². The van der Waals surface area contributed by atoms with Crippen LogP contribution in [0.15, 0.2) is 42.5 Å². The lowest BCUT2D eigenvalue weighted by molar-refractivity contribution is -0.136. The normalized spacial score (nSPS) is 12.6. The lowest BCUT2D eigenvalue weighted by atomic mass is 10.1. The second kappa shape index (κ2) is 7.82. The Labute approximate surface area is 154 Å². The van der Waals surface area contributed by atoms with E-state index in [-0.39, 0.29) is 23.9 Å². The zero-order valence-corrected chi connectivity index (χ0v) is 14.5. The van der Waals surface area contributed by atoms with Gasteiger partial charge in [-0.15, -0.1) is 0 Å². The fraction of sp³-hybridized carbons (Fsp3) is 0.150. The van der Waals surface area contributed by atoms with Crippen molar-refractivity contribution in [3.05, 3.63) is 65.0 Å². The van der Waals surface area contributed by atoms with Gasteiger partial charge in [-0.2, -0.15) is 0 Å². The van der Waals surface area contributed by atoms with Gasteiger partial charge in [0.25, 0.3) is 0 Å². The summed E-state index contributed by atoms with van der Waals surface area (Å²) in [7, 11) is 1.36. The molecule has 1 heterocycles. The summed E-state index contributed by atoms with van der Waals surface area (Å²) in [5.41, 5.74) is 2.23. The molecule has 0 bridgehead atoms. The van der Waals surface area contributed by atoms with Crippen molar-refractivity contribution in [1.82, 2.24) is 0 Å². The van der Waals surface area contributed by atoms with E-state index in [0.29, 0.717) is 16.8 Å². The van der Waals surface area contributed by atoms with Gasteiger partial charge in [0, 0.05) is 17.3 Å². The number of methoxy groups -OCH3 is 1. The van der Waals surface area contributed by atoms with Crippen LogP contribution in [0.25, 0.3) is 6.08 Å². The van der Waals surface area contributed by atoms with Crippen molar-refractivity contribution >= 4 is 29.4 Å². The van der Waals surface area contributed by atoms with E-state index in [9.17, 15) is 18.8 Å². The number of nitrogens with one attached hydrogen (secondary N) is 1. The maximum Gasteiger partial charge on any atom is 0.331 e. The molecule has 3 rings (SSSR count). The smallest absolute Gasteiger partial charge is 0.331 e. The summed E-state index contributed by atoms with van der Waals surface area (Å²) < 4.78 is 23.3. The third-order valence-corrected chi connectivity index (χ3v) is 3.99. The van der Waals surface area contributed by atoms with E-state index in [0.717, 1.165) is 11.6 Å². The van der Waals surface area contributed by atoms with Crippen LogP contribution >= 0.6 is 0 Å². The van der Waals surface area contributed by atoms with Crippen molar-refractivity contribution in [1.29, 1.82) is 0 Å². The number of rotatable bonds is 6. The van der Waals surface area contributed by atoms with Crippen molar-refractivity contribution in [3.63, 3.8) is 0 Å². The number of esters is 1. The molecule has 1 aliphatic rings. The minimum absolute atomic E-state index is 0.103. The van der Waals surface area contributed by atoms with Crippen LogP contribution in [0.5, 0.6) is 5.75 Å². The van der Waals surface area contributed by atoms with E-state index in [1.807, 2.05) is 0 Å². The zero-order valence-electron chi connectivity index (χ0n) is 14.5. The standard InChI is InChI=1S/C20H16FNO5/c1-26-18-6-2-12(8-15(18)21)3-7-20(25)27-11-17(23)13-4-5-16-14(9-13)10-19(24)22-16/h2-9H,10-11H2,1H3,(H,22,24)/b7-3+. The molecule has 6 nitrogen and oxygen atoms in total. The Kier molecular flexibility index (Phi) is 5.30. The van der Waals surface area contributed by atoms with Crippen molar-refractivity contribution in [2.75, 3.05) is 19.0 Å². The summed E-state index contributed by atoms with van der Waals surface area (Å²) in [6.45, 7) is -0.430. The molecule has 0 aliphatic carbocycles. The number of fused-ring (bicyclic) bond motifs is 1. The monoisotopic (exact) mass is 369 g/mol. The molecule has 0 spiro atoms. The van der Waals surface area contributed by atoms with Gasteiger partial charge < -0.3 is 14.8 Å². The number of carbonyl (C=O) groups excluding carboxylic acids is 3. The van der Waals surface area contributed by atoms with Crippen LogP contribution < -0.4 is 10.1 Å². The predicted molar refractivity (Wildman–Crippen MR) is 96.1 cm³/mol. The third kappa shape index (κ3) is 4.38. The molecule has 2 aromatic rings. The zero-order chi connectivity index (χ0) is 19.4. The van der Waals surface area contributed by atoms with Crippen LogP contribution in [0.4, 0.5) is 10.1 Å². The van der Waals surface area contributed by atoms with Crippen molar-refractivity contribution < 1.29 is 28.2 Å². The van der Waals surface area contributed by atoms with E-state index < -0.39 is 18.4 Å². The summed E-state index contributed by atoms with van der Waals surface area (Å²) >= 11 is 0. The van der Waals surface area contributed by atoms with E-state index in [4.69, 9.17) is 9.47 Å². The van der Waals surface area contributed by atoms with Crippen LogP contribution in [0.2, 0.25) is 0 Å². The molecule has 1 aliphatic heterocycles. The van der Waals surface area contributed by atoms with Gasteiger partial charge in [0.2, 0.25) is 5.91 Å². The number of halogens is 1. The minimum Gasteiger partial charge on any atom is -0.494 e. The number of anilines is 1. The Hall–Kier alpha value is -3.48. The highest BCUT2D eigenvalue weighted by atomic mass is 19.1. The molecule has 0 unspecified atom stereocenters. The lowest BCUT2D eigenvalue weighted by Gasteiger charge is -2.04. The van der Waals surface area contributed by atoms with Crippen LogP contribution in [-0.2, 0) is 20.7 Å². The second-order valence-corrected chi connectivity index (χ2v) is 5.86. The number of hydrogen-bond acceptors (Lipinski definition) is 5. The SMILES string of the molecule is COc1ccc(/C=C/C(=O)OCC(=O)c2ccc3c(c2)CC(=O)N3)cc1F. The molecular weight excluding hydrogens is 353 g/mol. The number of amides is 1. The Morgan fingerprint density at radius 3 is 2.78 bits per heavy atom. The Balaban J connectivity index is 1.56. The molecule has 1 amide bonds. The first-order valence-corrected chi connectivity index (χ1v) is 8.10. The number of Topliss-reactive ketones (excluding diaryl/α,β-unsaturated/α-hetero) is 1. The van der Waals surface area contributed by atoms with Gasteiger partial charge in [-0.25, -0.2) is 9.18 Å². The Morgan fingerprint density at radius 2 is 2.04 bits per heavy atom. The van der Waals surface area contributed by atoms with Gasteiger partial charge in [0.05, 0.1) is 13.5 Å². The van der Waals surface area contributed by atoms with E-state index >= 15 is 0 Å². The molecule has 27 heavy (non-hydrogen) atoms. The summed E-state index contributed by atoms with van der Waals surface area (Å²) in [4.78, 5) is 35.2. The predicted octanol–water partition coefficient (Wildman–Crippen LogP) is 2.77. The first-order valence-electron chi connectivity index (χ1n) is 8.10. The molecular formula is C20H16FNO5. The largest absolute Gasteiger partial charge is 0.494 e. The van der Waals surface area contributed by atoms with Gasteiger partial charge in [0.1, 0.15) is 0 Å². The lowest BCUT2D eigenvalue weighted by Crippen LogP contribution is -2.12. The van der Waals surface area contributed by atoms with Crippen LogP contribution in [0, 0.1) is 5.82 Å². The molecule has 0 radical (unpaired) electrons. The fourth-order valence-corrected chi connectivity index (χ4v) is 2.62. The van der Waals surface area contributed by atoms with Gasteiger partial charge in [-0.3, -0.25) is 9.59 Å². The van der Waals surface area contributed by atoms with Gasteiger partial charge in [0.15, 0.2) is 24.0 Å². The highest BCUT2D eigenvalue weighted by molar-refractivity contribution is 6.03. The average molecular weight is 369 g/mol. The summed E-state index contributed by atoms with van der Waals surface area (Å²) in [6.07, 6.45) is 2.71. The fourth-order valence-electron chi connectivity index (χ4n) is 2.62. The number of benzene rings is 2. The summed E-state index contributed by atoms with van der Waals surface area (Å²) in [5.74, 6) is -1.67. The molecule has 0 saturated carbocycles. The number of ketones is 1. The van der Waals surface area contributed by atoms with E-state index in [1.54, 1.807) is 24.3 Å². The summed E-state index contributed by atoms with van der Waals surface area (Å²) in [6, 6.07) is 9.06. The Morgan fingerprint density at radius 1 is 1.22 bits per heavy atom. The highest BCUT2D eigenvalue weighted by Gasteiger charge is 2.19. The topological polar surface area (TPSA) is 81.7 Å². The van der Waals surface area contributed by atoms with E-state index in [1.165, 1.54) is 25.3 Å². The summed E-state index contributed by atoms with van der Waals surface area (Å²) in [5, 5.41) is 2.68. The molecule has 2 aromatic carbocycles. The van der Waals surface area contributed by atoms with Gasteiger partial charge >= 0.3 is 5.97 Å². The number of hydrogen-bond donors (Lipinski definition) is 1. The molecule has 0 aromatic heterocycles. The Bertz CT molecular complexity index is 951. The van der Waals surface area contributed by atoms with Crippen LogP contribution in [0.3, 0.4) is 0 Å². The maximum atomic E-state index is 13.6. The van der Waals surface area contributed by atoms with Crippen LogP contribution in [0.1, 0.15) is 21.5 Å².